The van der Waals surface area contributed by atoms with Crippen LogP contribution in [0.4, 0.5) is 0 Å². The fourth-order valence-electron chi connectivity index (χ4n) is 0.993. The minimum absolute atomic E-state index is 0.198. The second-order valence-electron chi connectivity index (χ2n) is 2.54. The Hall–Kier alpha value is -1.30. The fraction of sp³-hybridized carbons (Fsp3) is 0.200. The summed E-state index contributed by atoms with van der Waals surface area (Å²) in [4.78, 5) is 8.24. The van der Waals surface area contributed by atoms with Gasteiger partial charge in [0, 0.05) is 26.6 Å². The predicted molar refractivity (Wildman–Crippen MR) is 59.3 cm³/mol. The Balaban J connectivity index is 0.000000195. The fourth-order valence-corrected chi connectivity index (χ4v) is 1.16. The summed E-state index contributed by atoms with van der Waals surface area (Å²) >= 11 is 0. The van der Waals surface area contributed by atoms with Gasteiger partial charge in [0.15, 0.2) is 0 Å². The minimum Gasteiger partial charge on any atom is -0.396 e. The number of benzene rings is 1. The van der Waals surface area contributed by atoms with Crippen LogP contribution in [-0.4, -0.2) is 34.2 Å². The van der Waals surface area contributed by atoms with Gasteiger partial charge >= 0.3 is 10.0 Å². The van der Waals surface area contributed by atoms with Crippen molar-refractivity contribution in [1.29, 1.82) is 0 Å². The lowest BCUT2D eigenvalue weighted by atomic mass is 10.3. The van der Waals surface area contributed by atoms with Crippen molar-refractivity contribution in [2.75, 3.05) is 14.2 Å². The lowest BCUT2D eigenvalue weighted by Gasteiger charge is -1.90. The summed E-state index contributed by atoms with van der Waals surface area (Å²) < 4.78 is 8.99. The molecule has 15 heavy (non-hydrogen) atoms. The van der Waals surface area contributed by atoms with Gasteiger partial charge in [0.1, 0.15) is 0 Å². The van der Waals surface area contributed by atoms with Crippen molar-refractivity contribution < 1.29 is 8.85 Å². The molecule has 1 aromatic heterocycles. The van der Waals surface area contributed by atoms with E-state index in [0.29, 0.717) is 0 Å². The molecule has 4 nitrogen and oxygen atoms in total. The van der Waals surface area contributed by atoms with E-state index in [2.05, 4.69) is 18.8 Å². The number of hydrogen-bond donors (Lipinski definition) is 0. The molecule has 0 saturated carbocycles. The first-order valence-corrected chi connectivity index (χ1v) is 5.17. The topological polar surface area (TPSA) is 44.2 Å². The van der Waals surface area contributed by atoms with E-state index in [-0.39, 0.29) is 10.0 Å². The third-order valence-corrected chi connectivity index (χ3v) is 1.88. The summed E-state index contributed by atoms with van der Waals surface area (Å²) in [6, 6.07) is 7.80. The zero-order valence-corrected chi connectivity index (χ0v) is 9.68. The Morgan fingerprint density at radius 3 is 1.73 bits per heavy atom. The number of fused-ring (bicyclic) bond motifs is 1. The predicted octanol–water partition coefficient (Wildman–Crippen LogP) is 1.44. The van der Waals surface area contributed by atoms with E-state index in [9.17, 15) is 0 Å². The maximum Gasteiger partial charge on any atom is 0.432 e. The third-order valence-electron chi connectivity index (χ3n) is 1.54. The molecule has 0 amide bonds. The highest BCUT2D eigenvalue weighted by Gasteiger charge is 1.88. The van der Waals surface area contributed by atoms with Crippen LogP contribution in [-0.2, 0) is 8.85 Å². The Labute approximate surface area is 91.3 Å². The second-order valence-corrected chi connectivity index (χ2v) is 3.52. The Kier molecular flexibility index (Phi) is 5.53. The van der Waals surface area contributed by atoms with Crippen LogP contribution in [0.3, 0.4) is 0 Å². The van der Waals surface area contributed by atoms with Crippen LogP contribution in [0.15, 0.2) is 36.7 Å². The van der Waals surface area contributed by atoms with E-state index in [1.165, 1.54) is 0 Å². The molecule has 2 radical (unpaired) electrons. The Bertz CT molecular complexity index is 330. The van der Waals surface area contributed by atoms with Gasteiger partial charge in [-0.05, 0) is 12.1 Å². The van der Waals surface area contributed by atoms with Crippen LogP contribution in [0.2, 0.25) is 0 Å². The smallest absolute Gasteiger partial charge is 0.396 e. The van der Waals surface area contributed by atoms with Gasteiger partial charge < -0.3 is 8.85 Å². The van der Waals surface area contributed by atoms with Crippen molar-refractivity contribution in [1.82, 2.24) is 9.97 Å². The molecular formula is C10H12N2O2Si. The largest absolute Gasteiger partial charge is 0.432 e. The van der Waals surface area contributed by atoms with E-state index in [0.717, 1.165) is 11.0 Å². The van der Waals surface area contributed by atoms with Gasteiger partial charge in [0.2, 0.25) is 0 Å². The van der Waals surface area contributed by atoms with E-state index in [1.54, 1.807) is 26.6 Å². The zero-order valence-electron chi connectivity index (χ0n) is 8.68. The Morgan fingerprint density at radius 1 is 0.933 bits per heavy atom. The molecule has 78 valence electrons. The molecule has 0 bridgehead atoms. The van der Waals surface area contributed by atoms with E-state index in [1.807, 2.05) is 24.3 Å². The van der Waals surface area contributed by atoms with Gasteiger partial charge in [-0.1, -0.05) is 12.1 Å². The summed E-state index contributed by atoms with van der Waals surface area (Å²) in [5.74, 6) is 0. The molecule has 2 aromatic rings. The van der Waals surface area contributed by atoms with Crippen molar-refractivity contribution >= 4 is 21.0 Å². The van der Waals surface area contributed by atoms with Crippen LogP contribution >= 0.6 is 0 Å². The first kappa shape index (κ1) is 11.8. The first-order chi connectivity index (χ1) is 7.38. The SMILES string of the molecule is CO[Si]OC.c1ccc2nccnc2c1. The van der Waals surface area contributed by atoms with Gasteiger partial charge in [-0.25, -0.2) is 0 Å². The van der Waals surface area contributed by atoms with Crippen LogP contribution in [0.1, 0.15) is 0 Å². The number of hydrogen-bond acceptors (Lipinski definition) is 4. The molecular weight excluding hydrogens is 208 g/mol. The van der Waals surface area contributed by atoms with Gasteiger partial charge in [0.25, 0.3) is 0 Å². The molecule has 0 atom stereocenters. The molecule has 0 unspecified atom stereocenters. The van der Waals surface area contributed by atoms with Gasteiger partial charge in [0.05, 0.1) is 11.0 Å². The normalized spacial score (nSPS) is 9.47. The molecule has 0 aliphatic rings. The van der Waals surface area contributed by atoms with Crippen molar-refractivity contribution in [2.24, 2.45) is 0 Å². The maximum atomic E-state index is 4.50. The second kappa shape index (κ2) is 7.05. The van der Waals surface area contributed by atoms with E-state index >= 15 is 0 Å². The lowest BCUT2D eigenvalue weighted by molar-refractivity contribution is 0.309. The van der Waals surface area contributed by atoms with Gasteiger partial charge in [-0.3, -0.25) is 9.97 Å². The molecule has 0 N–H and O–H groups in total. The number of rotatable bonds is 2. The minimum atomic E-state index is 0.198. The molecule has 1 heterocycles. The molecule has 2 rings (SSSR count). The standard InChI is InChI=1S/C8H6N2.C2H6O2Si/c1-2-4-8-7(3-1)9-5-6-10-8;1-3-5-4-2/h1-6H;1-2H3. The molecule has 0 spiro atoms. The van der Waals surface area contributed by atoms with Crippen LogP contribution in [0.5, 0.6) is 0 Å². The average molecular weight is 220 g/mol. The van der Waals surface area contributed by atoms with Gasteiger partial charge in [-0.15, -0.1) is 0 Å². The zero-order chi connectivity index (χ0) is 10.9. The lowest BCUT2D eigenvalue weighted by Crippen LogP contribution is -1.93. The molecule has 5 heteroatoms. The van der Waals surface area contributed by atoms with Crippen LogP contribution < -0.4 is 0 Å². The summed E-state index contributed by atoms with van der Waals surface area (Å²) in [6.45, 7) is 0. The molecule has 0 aliphatic carbocycles. The van der Waals surface area contributed by atoms with E-state index in [4.69, 9.17) is 0 Å². The highest BCUT2D eigenvalue weighted by atomic mass is 28.3. The molecule has 0 fully saturated rings. The summed E-state index contributed by atoms with van der Waals surface area (Å²) in [5.41, 5.74) is 1.90. The van der Waals surface area contributed by atoms with E-state index < -0.39 is 0 Å². The van der Waals surface area contributed by atoms with Gasteiger partial charge in [-0.2, -0.15) is 0 Å². The maximum absolute atomic E-state index is 4.50. The van der Waals surface area contributed by atoms with Crippen molar-refractivity contribution in [3.05, 3.63) is 36.7 Å². The third kappa shape index (κ3) is 4.16. The number of para-hydroxylation sites is 2. The molecule has 1 aromatic carbocycles. The molecule has 0 aliphatic heterocycles. The monoisotopic (exact) mass is 220 g/mol. The highest BCUT2D eigenvalue weighted by Crippen LogP contribution is 2.04. The first-order valence-electron chi connectivity index (χ1n) is 4.35. The quantitative estimate of drug-likeness (QED) is 0.718. The number of aromatic nitrogens is 2. The highest BCUT2D eigenvalue weighted by molar-refractivity contribution is 6.17. The molecule has 0 saturated heterocycles. The average Bonchev–Trinajstić information content (AvgIpc) is 2.31. The van der Waals surface area contributed by atoms with Crippen molar-refractivity contribution in [3.63, 3.8) is 0 Å². The summed E-state index contributed by atoms with van der Waals surface area (Å²) in [7, 11) is 3.40. The summed E-state index contributed by atoms with van der Waals surface area (Å²) in [6.07, 6.45) is 3.39. The van der Waals surface area contributed by atoms with Crippen LogP contribution in [0.25, 0.3) is 11.0 Å². The van der Waals surface area contributed by atoms with Crippen LogP contribution in [0, 0.1) is 0 Å². The Morgan fingerprint density at radius 2 is 1.40 bits per heavy atom. The van der Waals surface area contributed by atoms with Crippen molar-refractivity contribution in [3.8, 4) is 0 Å². The van der Waals surface area contributed by atoms with Crippen molar-refractivity contribution in [2.45, 2.75) is 0 Å². The summed E-state index contributed by atoms with van der Waals surface area (Å²) in [5, 5.41) is 0. The number of nitrogens with zero attached hydrogens (tertiary/aromatic N) is 2.